The van der Waals surface area contributed by atoms with E-state index in [0.29, 0.717) is 38.4 Å². The van der Waals surface area contributed by atoms with Crippen LogP contribution in [0.15, 0.2) is 42.6 Å². The molecule has 0 radical (unpaired) electrons. The Balaban J connectivity index is 1.44. The Morgan fingerprint density at radius 2 is 1.95 bits per heavy atom. The maximum absolute atomic E-state index is 13.7. The first kappa shape index (κ1) is 28.2. The van der Waals surface area contributed by atoms with Gasteiger partial charge in [-0.3, -0.25) is 14.9 Å². The number of benzene rings is 2. The minimum absolute atomic E-state index is 0.00687. The van der Waals surface area contributed by atoms with E-state index in [1.807, 2.05) is 11.9 Å². The third-order valence-electron chi connectivity index (χ3n) is 6.58. The first-order chi connectivity index (χ1) is 19.5. The van der Waals surface area contributed by atoms with Gasteiger partial charge in [0.15, 0.2) is 5.82 Å². The second-order valence-electron chi connectivity index (χ2n) is 9.44. The number of carbonyl (C=O) groups is 1. The molecule has 0 aliphatic carbocycles. The van der Waals surface area contributed by atoms with Crippen molar-refractivity contribution < 1.29 is 32.4 Å². The molecular weight excluding hydrogens is 569 g/mol. The van der Waals surface area contributed by atoms with E-state index in [1.54, 1.807) is 0 Å². The van der Waals surface area contributed by atoms with E-state index in [-0.39, 0.29) is 45.9 Å². The summed E-state index contributed by atoms with van der Waals surface area (Å²) in [5.41, 5.74) is -1.10. The number of anilines is 3. The molecule has 0 bridgehead atoms. The van der Waals surface area contributed by atoms with E-state index < -0.39 is 28.3 Å². The number of nitro groups is 1. The number of amides is 1. The van der Waals surface area contributed by atoms with Crippen molar-refractivity contribution in [1.29, 1.82) is 0 Å². The van der Waals surface area contributed by atoms with Gasteiger partial charge in [-0.15, -0.1) is 0 Å². The van der Waals surface area contributed by atoms with Crippen molar-refractivity contribution in [2.45, 2.75) is 6.18 Å². The molecule has 2 aliphatic rings. The zero-order chi connectivity index (χ0) is 29.3. The van der Waals surface area contributed by atoms with Crippen molar-refractivity contribution in [3.63, 3.8) is 0 Å². The molecule has 2 aliphatic heterocycles. The third kappa shape index (κ3) is 6.23. The number of piperazine rings is 1. The van der Waals surface area contributed by atoms with Crippen LogP contribution in [-0.2, 0) is 6.18 Å². The number of alkyl halides is 3. The van der Waals surface area contributed by atoms with Crippen molar-refractivity contribution in [2.75, 3.05) is 61.9 Å². The first-order valence-electron chi connectivity index (χ1n) is 12.5. The van der Waals surface area contributed by atoms with Crippen LogP contribution in [0.1, 0.15) is 15.9 Å². The van der Waals surface area contributed by atoms with E-state index in [9.17, 15) is 28.1 Å². The number of pyridine rings is 1. The molecule has 2 N–H and O–H groups in total. The molecule has 3 aromatic rings. The van der Waals surface area contributed by atoms with E-state index in [1.165, 1.54) is 24.3 Å². The number of nitrogens with one attached hydrogen (secondary N) is 2. The average Bonchev–Trinajstić information content (AvgIpc) is 2.94. The van der Waals surface area contributed by atoms with Gasteiger partial charge in [-0.05, 0) is 43.4 Å². The monoisotopic (exact) mass is 592 g/mol. The molecule has 0 unspecified atom stereocenters. The summed E-state index contributed by atoms with van der Waals surface area (Å²) in [6, 6.07) is 7.35. The van der Waals surface area contributed by atoms with Gasteiger partial charge in [0.25, 0.3) is 11.7 Å². The Kier molecular flexibility index (Phi) is 7.78. The fourth-order valence-electron chi connectivity index (χ4n) is 4.41. The number of rotatable bonds is 6. The van der Waals surface area contributed by atoms with Gasteiger partial charge in [-0.25, -0.2) is 4.98 Å². The van der Waals surface area contributed by atoms with Crippen molar-refractivity contribution in [2.24, 2.45) is 0 Å². The molecule has 15 heteroatoms. The standard InChI is InChI=1S/C26H24ClF3N6O5/c1-34-5-7-35(8-6-34)18-12-16(26(28,29)30)11-17(13-18)33-25(37)15-2-3-19(27)21(10-15)41-22-20(36(38)39)14-32-24-23(22)40-9-4-31-24/h2-3,10-14H,4-9H2,1H3,(H,31,32)(H,33,37). The number of ether oxygens (including phenoxy) is 2. The summed E-state index contributed by atoms with van der Waals surface area (Å²) in [7, 11) is 1.94. The van der Waals surface area contributed by atoms with Crippen LogP contribution in [0.4, 0.5) is 36.1 Å². The molecule has 3 heterocycles. The van der Waals surface area contributed by atoms with Crippen molar-refractivity contribution in [1.82, 2.24) is 9.88 Å². The van der Waals surface area contributed by atoms with Crippen LogP contribution in [0.25, 0.3) is 0 Å². The fourth-order valence-corrected chi connectivity index (χ4v) is 4.56. The Morgan fingerprint density at radius 3 is 2.66 bits per heavy atom. The lowest BCUT2D eigenvalue weighted by Gasteiger charge is -2.34. The van der Waals surface area contributed by atoms with Gasteiger partial charge in [-0.2, -0.15) is 13.2 Å². The fraction of sp³-hybridized carbons (Fsp3) is 0.308. The van der Waals surface area contributed by atoms with Gasteiger partial charge in [-0.1, -0.05) is 11.6 Å². The molecule has 1 saturated heterocycles. The number of hydrogen-bond donors (Lipinski definition) is 2. The smallest absolute Gasteiger partial charge is 0.416 e. The lowest BCUT2D eigenvalue weighted by Crippen LogP contribution is -2.44. The van der Waals surface area contributed by atoms with Gasteiger partial charge >= 0.3 is 11.9 Å². The predicted molar refractivity (Wildman–Crippen MR) is 146 cm³/mol. The number of likely N-dealkylation sites (N-methyl/N-ethyl adjacent to an activating group) is 1. The van der Waals surface area contributed by atoms with E-state index in [0.717, 1.165) is 18.3 Å². The molecular formula is C26H24ClF3N6O5. The lowest BCUT2D eigenvalue weighted by molar-refractivity contribution is -0.386. The van der Waals surface area contributed by atoms with Crippen molar-refractivity contribution in [3.8, 4) is 17.2 Å². The van der Waals surface area contributed by atoms with E-state index in [2.05, 4.69) is 20.5 Å². The minimum atomic E-state index is -4.63. The molecule has 1 amide bonds. The highest BCUT2D eigenvalue weighted by Crippen LogP contribution is 2.46. The molecule has 0 atom stereocenters. The summed E-state index contributed by atoms with van der Waals surface area (Å²) in [6.07, 6.45) is -3.62. The van der Waals surface area contributed by atoms with Crippen LogP contribution in [0.3, 0.4) is 0 Å². The number of aromatic nitrogens is 1. The molecule has 5 rings (SSSR count). The van der Waals surface area contributed by atoms with Crippen LogP contribution in [0.5, 0.6) is 17.2 Å². The summed E-state index contributed by atoms with van der Waals surface area (Å²) in [6.45, 7) is 3.08. The summed E-state index contributed by atoms with van der Waals surface area (Å²) < 4.78 is 52.5. The number of hydrogen-bond acceptors (Lipinski definition) is 9. The summed E-state index contributed by atoms with van der Waals surface area (Å²) in [5, 5.41) is 17.1. The molecule has 41 heavy (non-hydrogen) atoms. The second kappa shape index (κ2) is 11.3. The lowest BCUT2D eigenvalue weighted by atomic mass is 10.1. The molecule has 1 aromatic heterocycles. The van der Waals surface area contributed by atoms with Crippen LogP contribution < -0.4 is 25.0 Å². The Bertz CT molecular complexity index is 1500. The Morgan fingerprint density at radius 1 is 1.20 bits per heavy atom. The molecule has 2 aromatic carbocycles. The normalized spacial score (nSPS) is 15.4. The van der Waals surface area contributed by atoms with Crippen LogP contribution >= 0.6 is 11.6 Å². The van der Waals surface area contributed by atoms with Crippen LogP contribution in [0.2, 0.25) is 5.02 Å². The van der Waals surface area contributed by atoms with Crippen LogP contribution in [0, 0.1) is 10.1 Å². The van der Waals surface area contributed by atoms with Gasteiger partial charge < -0.3 is 29.9 Å². The quantitative estimate of drug-likeness (QED) is 0.291. The molecule has 1 fully saturated rings. The number of fused-ring (bicyclic) bond motifs is 1. The van der Waals surface area contributed by atoms with Gasteiger partial charge in [0.05, 0.1) is 22.1 Å². The second-order valence-corrected chi connectivity index (χ2v) is 9.85. The SMILES string of the molecule is CN1CCN(c2cc(NC(=O)c3ccc(Cl)c(Oc4c([N+](=O)[O-])cnc5c4OCCN5)c3)cc(C(F)(F)F)c2)CC1. The van der Waals surface area contributed by atoms with Crippen molar-refractivity contribution >= 4 is 40.4 Å². The number of nitrogens with zero attached hydrogens (tertiary/aromatic N) is 4. The zero-order valence-corrected chi connectivity index (χ0v) is 22.4. The zero-order valence-electron chi connectivity index (χ0n) is 21.6. The highest BCUT2D eigenvalue weighted by atomic mass is 35.5. The highest BCUT2D eigenvalue weighted by molar-refractivity contribution is 6.32. The number of carbonyl (C=O) groups excluding carboxylic acids is 1. The third-order valence-corrected chi connectivity index (χ3v) is 6.90. The highest BCUT2D eigenvalue weighted by Gasteiger charge is 2.33. The maximum atomic E-state index is 13.7. The maximum Gasteiger partial charge on any atom is 0.416 e. The van der Waals surface area contributed by atoms with E-state index in [4.69, 9.17) is 21.1 Å². The van der Waals surface area contributed by atoms with E-state index >= 15 is 0 Å². The number of halogens is 4. The summed E-state index contributed by atoms with van der Waals surface area (Å²) in [5.74, 6) is -0.854. The topological polar surface area (TPSA) is 122 Å². The van der Waals surface area contributed by atoms with Crippen molar-refractivity contribution in [3.05, 3.63) is 68.9 Å². The molecule has 0 saturated carbocycles. The molecule has 11 nitrogen and oxygen atoms in total. The summed E-state index contributed by atoms with van der Waals surface area (Å²) in [4.78, 5) is 32.0. The predicted octanol–water partition coefficient (Wildman–Crippen LogP) is 5.26. The van der Waals surface area contributed by atoms with Gasteiger partial charge in [0.2, 0.25) is 5.75 Å². The van der Waals surface area contributed by atoms with Crippen LogP contribution in [-0.4, -0.2) is 67.1 Å². The van der Waals surface area contributed by atoms with Gasteiger partial charge in [0.1, 0.15) is 18.6 Å². The minimum Gasteiger partial charge on any atom is -0.484 e. The summed E-state index contributed by atoms with van der Waals surface area (Å²) >= 11 is 6.28. The first-order valence-corrected chi connectivity index (χ1v) is 12.9. The largest absolute Gasteiger partial charge is 0.484 e. The molecule has 216 valence electrons. The Labute approximate surface area is 236 Å². The molecule has 0 spiro atoms. The Hall–Kier alpha value is -4.30. The van der Waals surface area contributed by atoms with Gasteiger partial charge in [0, 0.05) is 43.1 Å². The average molecular weight is 593 g/mol.